The fourth-order valence-corrected chi connectivity index (χ4v) is 4.09. The molecule has 0 saturated carbocycles. The van der Waals surface area contributed by atoms with Gasteiger partial charge in [-0.2, -0.15) is 0 Å². The number of nitrogens with one attached hydrogen (secondary N) is 1. The van der Waals surface area contributed by atoms with Crippen molar-refractivity contribution >= 4 is 39.9 Å². The monoisotopic (exact) mass is 476 g/mol. The number of ether oxygens (including phenoxy) is 4. The normalized spacial score (nSPS) is 10.2. The summed E-state index contributed by atoms with van der Waals surface area (Å²) in [7, 11) is 4.81. The van der Waals surface area contributed by atoms with Gasteiger partial charge in [-0.15, -0.1) is 11.3 Å². The van der Waals surface area contributed by atoms with Crippen molar-refractivity contribution < 1.29 is 33.3 Å². The van der Waals surface area contributed by atoms with Crippen LogP contribution in [0.2, 0.25) is 0 Å². The van der Waals surface area contributed by atoms with Gasteiger partial charge in [-0.1, -0.05) is 12.7 Å². The van der Waals surface area contributed by atoms with Gasteiger partial charge >= 0.3 is 11.9 Å². The lowest BCUT2D eigenvalue weighted by Gasteiger charge is -2.20. The molecule has 0 aliphatic carbocycles. The first-order valence-electron chi connectivity index (χ1n) is 10.1. The quantitative estimate of drug-likeness (QED) is 0.387. The van der Waals surface area contributed by atoms with Crippen LogP contribution in [-0.4, -0.2) is 58.9 Å². The van der Waals surface area contributed by atoms with E-state index in [-0.39, 0.29) is 41.1 Å². The number of benzene rings is 1. The van der Waals surface area contributed by atoms with E-state index < -0.39 is 11.9 Å². The lowest BCUT2D eigenvalue weighted by atomic mass is 10.1. The van der Waals surface area contributed by atoms with Crippen LogP contribution in [0.1, 0.15) is 32.5 Å². The Kier molecular flexibility index (Phi) is 9.29. The molecule has 1 heterocycles. The van der Waals surface area contributed by atoms with Crippen LogP contribution in [0.3, 0.4) is 0 Å². The molecular weight excluding hydrogens is 448 g/mol. The van der Waals surface area contributed by atoms with Gasteiger partial charge < -0.3 is 29.2 Å². The highest BCUT2D eigenvalue weighted by molar-refractivity contribution is 7.18. The Morgan fingerprint density at radius 2 is 1.82 bits per heavy atom. The number of carbonyl (C=O) groups excluding carboxylic acids is 3. The van der Waals surface area contributed by atoms with Crippen LogP contribution in [-0.2, 0) is 14.3 Å². The van der Waals surface area contributed by atoms with E-state index in [4.69, 9.17) is 18.9 Å². The van der Waals surface area contributed by atoms with Gasteiger partial charge in [0.1, 0.15) is 16.5 Å². The summed E-state index contributed by atoms with van der Waals surface area (Å²) in [5, 5.41) is 2.95. The molecular formula is C23H28N2O7S. The van der Waals surface area contributed by atoms with Crippen LogP contribution >= 0.6 is 11.3 Å². The molecule has 1 amide bonds. The maximum Gasteiger partial charge on any atom is 0.348 e. The summed E-state index contributed by atoms with van der Waals surface area (Å²) < 4.78 is 20.7. The van der Waals surface area contributed by atoms with Gasteiger partial charge in [-0.3, -0.25) is 4.79 Å². The van der Waals surface area contributed by atoms with E-state index in [2.05, 4.69) is 11.9 Å². The highest BCUT2D eigenvalue weighted by Crippen LogP contribution is 2.35. The molecule has 33 heavy (non-hydrogen) atoms. The van der Waals surface area contributed by atoms with Crippen LogP contribution in [0.25, 0.3) is 0 Å². The summed E-state index contributed by atoms with van der Waals surface area (Å²) >= 11 is 0.964. The fraction of sp³-hybridized carbons (Fsp3) is 0.348. The van der Waals surface area contributed by atoms with Gasteiger partial charge in [0, 0.05) is 18.8 Å². The zero-order chi connectivity index (χ0) is 24.5. The molecule has 0 atom stereocenters. The maximum atomic E-state index is 12.8. The van der Waals surface area contributed by atoms with E-state index in [1.165, 1.54) is 13.2 Å². The van der Waals surface area contributed by atoms with Crippen LogP contribution in [0.5, 0.6) is 11.5 Å². The highest BCUT2D eigenvalue weighted by Gasteiger charge is 2.27. The van der Waals surface area contributed by atoms with Crippen molar-refractivity contribution in [3.05, 3.63) is 46.9 Å². The molecule has 2 rings (SSSR count). The third-order valence-electron chi connectivity index (χ3n) is 4.59. The zero-order valence-corrected chi connectivity index (χ0v) is 20.2. The summed E-state index contributed by atoms with van der Waals surface area (Å²) in [5.74, 6) is -0.514. The maximum absolute atomic E-state index is 12.8. The largest absolute Gasteiger partial charge is 0.493 e. The number of thiophene rings is 1. The second-order valence-corrected chi connectivity index (χ2v) is 7.83. The van der Waals surface area contributed by atoms with Crippen molar-refractivity contribution in [3.8, 4) is 11.5 Å². The number of methoxy groups -OCH3 is 2. The first-order valence-corrected chi connectivity index (χ1v) is 10.9. The Balaban J connectivity index is 2.25. The minimum Gasteiger partial charge on any atom is -0.493 e. The van der Waals surface area contributed by atoms with Crippen molar-refractivity contribution in [2.24, 2.45) is 0 Å². The van der Waals surface area contributed by atoms with Gasteiger partial charge in [0.2, 0.25) is 5.91 Å². The Labute approximate surface area is 196 Å². The molecule has 1 aromatic carbocycles. The first-order chi connectivity index (χ1) is 15.8. The average Bonchev–Trinajstić information content (AvgIpc) is 3.12. The smallest absolute Gasteiger partial charge is 0.348 e. The molecule has 1 aromatic heterocycles. The molecule has 1 N–H and O–H groups in total. The number of hydrogen-bond donors (Lipinski definition) is 1. The topological polar surface area (TPSA) is 103 Å². The number of likely N-dealkylation sites (N-methyl/N-ethyl adjacent to an activating group) is 1. The molecule has 0 saturated heterocycles. The van der Waals surface area contributed by atoms with Gasteiger partial charge in [0.25, 0.3) is 0 Å². The molecule has 178 valence electrons. The Morgan fingerprint density at radius 3 is 2.42 bits per heavy atom. The molecule has 0 spiro atoms. The molecule has 2 aromatic rings. The summed E-state index contributed by atoms with van der Waals surface area (Å²) in [4.78, 5) is 39.6. The number of amides is 1. The average molecular weight is 477 g/mol. The fourth-order valence-electron chi connectivity index (χ4n) is 2.98. The third kappa shape index (κ3) is 6.26. The predicted molar refractivity (Wildman–Crippen MR) is 127 cm³/mol. The predicted octanol–water partition coefficient (Wildman–Crippen LogP) is 3.67. The van der Waals surface area contributed by atoms with Crippen LogP contribution in [0.4, 0.5) is 10.7 Å². The van der Waals surface area contributed by atoms with Gasteiger partial charge in [0.15, 0.2) is 11.5 Å². The molecule has 0 fully saturated rings. The molecule has 0 aliphatic heterocycles. The van der Waals surface area contributed by atoms with Crippen molar-refractivity contribution in [2.45, 2.75) is 13.8 Å². The van der Waals surface area contributed by atoms with E-state index in [0.29, 0.717) is 17.1 Å². The number of esters is 2. The van der Waals surface area contributed by atoms with Crippen molar-refractivity contribution in [2.75, 3.05) is 51.2 Å². The number of hydrogen-bond acceptors (Lipinski definition) is 9. The molecule has 0 aliphatic rings. The van der Waals surface area contributed by atoms with Gasteiger partial charge in [-0.25, -0.2) is 9.59 Å². The molecule has 9 nitrogen and oxygen atoms in total. The zero-order valence-electron chi connectivity index (χ0n) is 19.4. The number of nitrogens with zero attached hydrogens (tertiary/aromatic N) is 1. The van der Waals surface area contributed by atoms with E-state index in [9.17, 15) is 14.4 Å². The van der Waals surface area contributed by atoms with E-state index in [1.54, 1.807) is 51.1 Å². The lowest BCUT2D eigenvalue weighted by molar-refractivity contribution is -0.114. The van der Waals surface area contributed by atoms with Gasteiger partial charge in [0.05, 0.1) is 32.9 Å². The molecule has 0 bridgehead atoms. The summed E-state index contributed by atoms with van der Waals surface area (Å²) in [5.41, 5.74) is 1.25. The Hall–Kier alpha value is -3.53. The Morgan fingerprint density at radius 1 is 1.12 bits per heavy atom. The lowest BCUT2D eigenvalue weighted by Crippen LogP contribution is -2.30. The van der Waals surface area contributed by atoms with E-state index in [0.717, 1.165) is 17.0 Å². The molecule has 0 radical (unpaired) electrons. The summed E-state index contributed by atoms with van der Waals surface area (Å²) in [6.07, 6.45) is 1.44. The summed E-state index contributed by atoms with van der Waals surface area (Å²) in [6.45, 7) is 6.96. The number of rotatable bonds is 11. The van der Waals surface area contributed by atoms with Gasteiger partial charge in [-0.05, 0) is 31.5 Å². The minimum absolute atomic E-state index is 0.0229. The Bertz CT molecular complexity index is 1030. The van der Waals surface area contributed by atoms with Crippen molar-refractivity contribution in [1.82, 2.24) is 0 Å². The summed E-state index contributed by atoms with van der Waals surface area (Å²) in [6, 6.07) is 5.28. The minimum atomic E-state index is -0.627. The van der Waals surface area contributed by atoms with E-state index >= 15 is 0 Å². The first kappa shape index (κ1) is 25.7. The molecule has 0 unspecified atom stereocenters. The van der Waals surface area contributed by atoms with Crippen LogP contribution < -0.4 is 19.7 Å². The molecule has 10 heteroatoms. The second kappa shape index (κ2) is 11.9. The van der Waals surface area contributed by atoms with E-state index in [1.807, 2.05) is 0 Å². The standard InChI is InChI=1S/C23H28N2O7S/c1-7-11-32-23(28)20-14(3)19(22(27)31-8-2)21(33-20)24-18(26)13-25(4)15-9-10-16(29-5)17(12-15)30-6/h7,9-10,12H,1,8,11,13H2,2-6H3,(H,24,26). The van der Waals surface area contributed by atoms with Crippen LogP contribution in [0, 0.1) is 6.92 Å². The SMILES string of the molecule is C=CCOC(=O)c1sc(NC(=O)CN(C)c2ccc(OC)c(OC)c2)c(C(=O)OCC)c1C. The number of carbonyl (C=O) groups is 3. The second-order valence-electron chi connectivity index (χ2n) is 6.81. The van der Waals surface area contributed by atoms with Crippen molar-refractivity contribution in [3.63, 3.8) is 0 Å². The van der Waals surface area contributed by atoms with Crippen LogP contribution in [0.15, 0.2) is 30.9 Å². The third-order valence-corrected chi connectivity index (χ3v) is 5.77. The highest BCUT2D eigenvalue weighted by atomic mass is 32.1. The number of anilines is 2. The van der Waals surface area contributed by atoms with Crippen molar-refractivity contribution in [1.29, 1.82) is 0 Å².